The van der Waals surface area contributed by atoms with Gasteiger partial charge in [-0.05, 0) is 12.0 Å². The topological polar surface area (TPSA) is 89.0 Å². The summed E-state index contributed by atoms with van der Waals surface area (Å²) in [5, 5.41) is 0. The molecule has 0 radical (unpaired) electrons. The van der Waals surface area contributed by atoms with E-state index in [1.54, 1.807) is 0 Å². The molecule has 3 N–H and O–H groups in total. The van der Waals surface area contributed by atoms with E-state index in [0.717, 1.165) is 36.2 Å². The van der Waals surface area contributed by atoms with E-state index in [-0.39, 0.29) is 12.2 Å². The molecular weight excluding hydrogens is 436 g/mol. The molecule has 0 saturated carbocycles. The Kier molecular flexibility index (Phi) is 9.41. The highest BCUT2D eigenvalue weighted by atomic mass is 32.1. The average Bonchev–Trinajstić information content (AvgIpc) is 3.28. The second-order valence-corrected chi connectivity index (χ2v) is 9.66. The van der Waals surface area contributed by atoms with E-state index in [1.807, 2.05) is 37.3 Å². The molecule has 0 aliphatic carbocycles. The zero-order valence-corrected chi connectivity index (χ0v) is 21.0. The summed E-state index contributed by atoms with van der Waals surface area (Å²) in [6.07, 6.45) is 8.02. The van der Waals surface area contributed by atoms with Crippen LogP contribution in [0.3, 0.4) is 0 Å². The molecule has 3 rings (SSSR count). The maximum absolute atomic E-state index is 12.8. The molecule has 8 heteroatoms. The fourth-order valence-electron chi connectivity index (χ4n) is 4.09. The number of quaternary nitrogens is 2. The van der Waals surface area contributed by atoms with Crippen molar-refractivity contribution in [3.63, 3.8) is 0 Å². The number of rotatable bonds is 12. The van der Waals surface area contributed by atoms with Crippen molar-refractivity contribution in [3.8, 4) is 5.88 Å². The highest BCUT2D eigenvalue weighted by Gasteiger charge is 2.38. The zero-order chi connectivity index (χ0) is 23.7. The third kappa shape index (κ3) is 7.09. The van der Waals surface area contributed by atoms with Crippen LogP contribution in [0.15, 0.2) is 36.4 Å². The predicted octanol–water partition coefficient (Wildman–Crippen LogP) is 3.47. The lowest BCUT2D eigenvalue weighted by Crippen LogP contribution is -2.67. The SMILES string of the molecule is CCCCCCOc1nsnc1C1=CCC[N+](C)([C@@H](C)OC(=O)[C@@H]([NH3+])Cc2ccccc2)C1. The molecule has 1 aromatic heterocycles. The number of nitrogens with zero attached hydrogens (tertiary/aromatic N) is 3. The van der Waals surface area contributed by atoms with E-state index in [2.05, 4.69) is 34.5 Å². The largest absolute Gasteiger partial charge is 0.475 e. The van der Waals surface area contributed by atoms with Gasteiger partial charge in [-0.15, -0.1) is 4.37 Å². The monoisotopic (exact) mass is 474 g/mol. The van der Waals surface area contributed by atoms with Crippen LogP contribution in [0.2, 0.25) is 0 Å². The summed E-state index contributed by atoms with van der Waals surface area (Å²) in [5.41, 5.74) is 7.07. The Balaban J connectivity index is 1.57. The maximum atomic E-state index is 12.8. The Bertz CT molecular complexity index is 917. The molecule has 1 aliphatic heterocycles. The average molecular weight is 475 g/mol. The minimum atomic E-state index is -0.434. The van der Waals surface area contributed by atoms with Crippen molar-refractivity contribution >= 4 is 23.3 Å². The van der Waals surface area contributed by atoms with Gasteiger partial charge in [0.15, 0.2) is 6.04 Å². The number of carbonyl (C=O) groups excluding carboxylic acids is 1. The van der Waals surface area contributed by atoms with Gasteiger partial charge in [-0.1, -0.05) is 62.6 Å². The smallest absolute Gasteiger partial charge is 0.369 e. The van der Waals surface area contributed by atoms with Gasteiger partial charge in [0.25, 0.3) is 5.88 Å². The third-order valence-corrected chi connectivity index (χ3v) is 6.90. The number of unbranched alkanes of at least 4 members (excludes halogenated alkanes) is 3. The second-order valence-electron chi connectivity index (χ2n) is 9.13. The number of ether oxygens (including phenoxy) is 2. The Morgan fingerprint density at radius 3 is 2.76 bits per heavy atom. The Morgan fingerprint density at radius 2 is 2.00 bits per heavy atom. The van der Waals surface area contributed by atoms with Crippen LogP contribution in [0, 0.1) is 0 Å². The molecule has 1 aromatic carbocycles. The fraction of sp³-hybridized carbons (Fsp3) is 0.560. The van der Waals surface area contributed by atoms with E-state index in [0.29, 0.717) is 29.9 Å². The number of carbonyl (C=O) groups is 1. The Morgan fingerprint density at radius 1 is 1.21 bits per heavy atom. The van der Waals surface area contributed by atoms with Crippen LogP contribution in [0.25, 0.3) is 5.57 Å². The summed E-state index contributed by atoms with van der Waals surface area (Å²) >= 11 is 1.19. The number of aromatic nitrogens is 2. The van der Waals surface area contributed by atoms with Gasteiger partial charge in [-0.2, -0.15) is 4.37 Å². The highest BCUT2D eigenvalue weighted by Crippen LogP contribution is 2.31. The van der Waals surface area contributed by atoms with Crippen LogP contribution in [0.5, 0.6) is 5.88 Å². The standard InChI is InChI=1S/C25H37N4O3S/c1-4-5-6-10-16-31-24-23(27-33-28-24)21-14-11-15-29(3,18-21)19(2)32-25(30)22(26)17-20-12-8-7-9-13-20/h7-9,12-14,19,22H,4-6,10-11,15-18,26H2,1-3H3/q+1/p+1/t19-,22+,29?/m1/s1. The first kappa shape index (κ1) is 25.3. The molecule has 2 heterocycles. The summed E-state index contributed by atoms with van der Waals surface area (Å²) in [7, 11) is 2.13. The molecule has 1 aliphatic rings. The van der Waals surface area contributed by atoms with Crippen LogP contribution in [-0.4, -0.2) is 58.2 Å². The van der Waals surface area contributed by atoms with E-state index in [4.69, 9.17) is 9.47 Å². The van der Waals surface area contributed by atoms with Crippen LogP contribution in [0.4, 0.5) is 0 Å². The molecule has 180 valence electrons. The molecule has 0 bridgehead atoms. The van der Waals surface area contributed by atoms with Crippen molar-refractivity contribution in [1.29, 1.82) is 0 Å². The fourth-order valence-corrected chi connectivity index (χ4v) is 4.62. The van der Waals surface area contributed by atoms with Crippen molar-refractivity contribution in [3.05, 3.63) is 47.7 Å². The van der Waals surface area contributed by atoms with Crippen LogP contribution in [-0.2, 0) is 16.0 Å². The van der Waals surface area contributed by atoms with E-state index in [1.165, 1.54) is 31.0 Å². The lowest BCUT2D eigenvalue weighted by Gasteiger charge is -2.41. The Hall–Kier alpha value is -2.29. The van der Waals surface area contributed by atoms with E-state index < -0.39 is 6.04 Å². The molecule has 3 atom stereocenters. The van der Waals surface area contributed by atoms with Gasteiger partial charge in [0.1, 0.15) is 12.2 Å². The summed E-state index contributed by atoms with van der Waals surface area (Å²) in [5.74, 6) is 0.370. The van der Waals surface area contributed by atoms with Gasteiger partial charge in [0, 0.05) is 25.3 Å². The van der Waals surface area contributed by atoms with Crippen LogP contribution in [0.1, 0.15) is 57.2 Å². The molecule has 0 fully saturated rings. The van der Waals surface area contributed by atoms with Gasteiger partial charge in [0.05, 0.1) is 31.9 Å². The quantitative estimate of drug-likeness (QED) is 0.289. The van der Waals surface area contributed by atoms with Gasteiger partial charge >= 0.3 is 5.97 Å². The van der Waals surface area contributed by atoms with Gasteiger partial charge in [-0.25, -0.2) is 4.79 Å². The van der Waals surface area contributed by atoms with Crippen molar-refractivity contribution in [2.45, 2.75) is 64.6 Å². The van der Waals surface area contributed by atoms with Crippen molar-refractivity contribution < 1.29 is 24.5 Å². The van der Waals surface area contributed by atoms with Crippen molar-refractivity contribution in [1.82, 2.24) is 8.75 Å². The molecule has 2 aromatic rings. The zero-order valence-electron chi connectivity index (χ0n) is 20.2. The number of benzene rings is 1. The summed E-state index contributed by atoms with van der Waals surface area (Å²) in [4.78, 5) is 12.8. The van der Waals surface area contributed by atoms with Gasteiger partial charge in [-0.3, -0.25) is 4.48 Å². The summed E-state index contributed by atoms with van der Waals surface area (Å²) < 4.78 is 21.4. The number of esters is 1. The number of hydrogen-bond donors (Lipinski definition) is 1. The molecule has 1 unspecified atom stereocenters. The molecule has 0 amide bonds. The van der Waals surface area contributed by atoms with Gasteiger partial charge in [0.2, 0.25) is 6.23 Å². The first-order chi connectivity index (χ1) is 15.9. The van der Waals surface area contributed by atoms with E-state index >= 15 is 0 Å². The van der Waals surface area contributed by atoms with Crippen molar-refractivity contribution in [2.24, 2.45) is 0 Å². The maximum Gasteiger partial charge on any atom is 0.369 e. The number of likely N-dealkylation sites (N-methyl/N-ethyl adjacent to an activating group) is 1. The molecular formula is C25H38N4O3S+2. The third-order valence-electron chi connectivity index (χ3n) is 6.38. The first-order valence-electron chi connectivity index (χ1n) is 12.0. The van der Waals surface area contributed by atoms with E-state index in [9.17, 15) is 4.79 Å². The Labute approximate surface area is 201 Å². The molecule has 7 nitrogen and oxygen atoms in total. The highest BCUT2D eigenvalue weighted by molar-refractivity contribution is 6.99. The van der Waals surface area contributed by atoms with Crippen LogP contribution < -0.4 is 10.5 Å². The van der Waals surface area contributed by atoms with Crippen molar-refractivity contribution in [2.75, 3.05) is 26.7 Å². The molecule has 0 spiro atoms. The molecule has 33 heavy (non-hydrogen) atoms. The molecule has 0 saturated heterocycles. The predicted molar refractivity (Wildman–Crippen MR) is 130 cm³/mol. The summed E-state index contributed by atoms with van der Waals surface area (Å²) in [6, 6.07) is 9.50. The number of hydrogen-bond acceptors (Lipinski definition) is 6. The summed E-state index contributed by atoms with van der Waals surface area (Å²) in [6.45, 7) is 6.45. The van der Waals surface area contributed by atoms with Gasteiger partial charge < -0.3 is 15.2 Å². The second kappa shape index (κ2) is 12.3. The lowest BCUT2D eigenvalue weighted by atomic mass is 10.0. The minimum Gasteiger partial charge on any atom is -0.475 e. The first-order valence-corrected chi connectivity index (χ1v) is 12.7. The normalized spacial score (nSPS) is 20.1. The van der Waals surface area contributed by atoms with Crippen LogP contribution >= 0.6 is 11.7 Å². The lowest BCUT2D eigenvalue weighted by molar-refractivity contribution is -0.944. The minimum absolute atomic E-state index is 0.256.